The number of amides is 1. The molecule has 7 heteroatoms. The SMILES string of the molecule is NC(C(=O)NCC1(N)CCC1)C(F)(F)F. The van der Waals surface area contributed by atoms with Gasteiger partial charge in [-0.2, -0.15) is 13.2 Å². The second-order valence-electron chi connectivity index (χ2n) is 3.95. The van der Waals surface area contributed by atoms with E-state index in [2.05, 4.69) is 5.32 Å². The van der Waals surface area contributed by atoms with Crippen molar-refractivity contribution in [3.05, 3.63) is 0 Å². The van der Waals surface area contributed by atoms with Crippen LogP contribution in [-0.2, 0) is 4.79 Å². The van der Waals surface area contributed by atoms with Crippen LogP contribution in [0.2, 0.25) is 0 Å². The zero-order valence-corrected chi connectivity index (χ0v) is 8.10. The summed E-state index contributed by atoms with van der Waals surface area (Å²) in [5, 5.41) is 2.12. The fourth-order valence-corrected chi connectivity index (χ4v) is 1.33. The Balaban J connectivity index is 2.36. The fraction of sp³-hybridized carbons (Fsp3) is 0.875. The molecule has 0 aromatic rings. The Morgan fingerprint density at radius 3 is 2.33 bits per heavy atom. The number of nitrogens with one attached hydrogen (secondary N) is 1. The van der Waals surface area contributed by atoms with E-state index in [4.69, 9.17) is 11.5 Å². The summed E-state index contributed by atoms with van der Waals surface area (Å²) in [7, 11) is 0. The minimum absolute atomic E-state index is 0.0512. The molecule has 0 aromatic heterocycles. The maximum atomic E-state index is 12.0. The van der Waals surface area contributed by atoms with Crippen LogP contribution >= 0.6 is 0 Å². The number of carbonyl (C=O) groups is 1. The van der Waals surface area contributed by atoms with Crippen molar-refractivity contribution in [2.24, 2.45) is 11.5 Å². The van der Waals surface area contributed by atoms with Gasteiger partial charge in [-0.25, -0.2) is 0 Å². The quantitative estimate of drug-likeness (QED) is 0.626. The molecule has 0 heterocycles. The van der Waals surface area contributed by atoms with E-state index in [0.717, 1.165) is 6.42 Å². The summed E-state index contributed by atoms with van der Waals surface area (Å²) in [6.07, 6.45) is -2.33. The summed E-state index contributed by atoms with van der Waals surface area (Å²) in [5.74, 6) is -1.22. The number of hydrogen-bond donors (Lipinski definition) is 3. The summed E-state index contributed by atoms with van der Waals surface area (Å²) in [4.78, 5) is 11.0. The molecule has 1 saturated carbocycles. The molecule has 1 rings (SSSR count). The van der Waals surface area contributed by atoms with Gasteiger partial charge in [-0.15, -0.1) is 0 Å². The summed E-state index contributed by atoms with van der Waals surface area (Å²) in [6.45, 7) is 0.0512. The number of halogens is 3. The number of rotatable bonds is 3. The highest BCUT2D eigenvalue weighted by Crippen LogP contribution is 2.28. The van der Waals surface area contributed by atoms with Gasteiger partial charge in [0.25, 0.3) is 0 Å². The summed E-state index contributed by atoms with van der Waals surface area (Å²) < 4.78 is 36.0. The van der Waals surface area contributed by atoms with Crippen molar-refractivity contribution < 1.29 is 18.0 Å². The van der Waals surface area contributed by atoms with Crippen LogP contribution in [0.15, 0.2) is 0 Å². The molecule has 1 amide bonds. The Bertz CT molecular complexity index is 250. The van der Waals surface area contributed by atoms with Gasteiger partial charge in [0.1, 0.15) is 0 Å². The molecule has 0 aliphatic heterocycles. The van der Waals surface area contributed by atoms with E-state index in [-0.39, 0.29) is 6.54 Å². The number of hydrogen-bond acceptors (Lipinski definition) is 3. The fourth-order valence-electron chi connectivity index (χ4n) is 1.33. The third-order valence-electron chi connectivity index (χ3n) is 2.60. The number of alkyl halides is 3. The average molecular weight is 225 g/mol. The molecule has 1 unspecified atom stereocenters. The first-order chi connectivity index (χ1) is 6.75. The van der Waals surface area contributed by atoms with E-state index in [9.17, 15) is 18.0 Å². The lowest BCUT2D eigenvalue weighted by molar-refractivity contribution is -0.163. The van der Waals surface area contributed by atoms with E-state index in [0.29, 0.717) is 12.8 Å². The summed E-state index contributed by atoms with van der Waals surface area (Å²) in [6, 6.07) is -2.47. The van der Waals surface area contributed by atoms with Crippen molar-refractivity contribution in [2.75, 3.05) is 6.54 Å². The molecule has 0 saturated heterocycles. The molecule has 4 nitrogen and oxygen atoms in total. The van der Waals surface area contributed by atoms with Crippen LogP contribution in [-0.4, -0.2) is 30.2 Å². The monoisotopic (exact) mass is 225 g/mol. The van der Waals surface area contributed by atoms with Gasteiger partial charge in [0.2, 0.25) is 5.91 Å². The largest absolute Gasteiger partial charge is 0.412 e. The number of nitrogens with two attached hydrogens (primary N) is 2. The first kappa shape index (κ1) is 12.3. The van der Waals surface area contributed by atoms with E-state index in [1.807, 2.05) is 0 Å². The van der Waals surface area contributed by atoms with Gasteiger partial charge in [0, 0.05) is 12.1 Å². The van der Waals surface area contributed by atoms with Crippen LogP contribution in [0, 0.1) is 0 Å². The van der Waals surface area contributed by atoms with Crippen molar-refractivity contribution >= 4 is 5.91 Å². The molecule has 15 heavy (non-hydrogen) atoms. The highest BCUT2D eigenvalue weighted by molar-refractivity contribution is 5.82. The van der Waals surface area contributed by atoms with Crippen molar-refractivity contribution in [3.8, 4) is 0 Å². The van der Waals surface area contributed by atoms with Gasteiger partial charge >= 0.3 is 6.18 Å². The molecule has 88 valence electrons. The molecular weight excluding hydrogens is 211 g/mol. The first-order valence-corrected chi connectivity index (χ1v) is 4.63. The maximum absolute atomic E-state index is 12.0. The highest BCUT2D eigenvalue weighted by atomic mass is 19.4. The number of carbonyl (C=O) groups excluding carboxylic acids is 1. The molecule has 0 radical (unpaired) electrons. The summed E-state index contributed by atoms with van der Waals surface area (Å²) >= 11 is 0. The van der Waals surface area contributed by atoms with Crippen LogP contribution in [0.3, 0.4) is 0 Å². The highest BCUT2D eigenvalue weighted by Gasteiger charge is 2.42. The second-order valence-corrected chi connectivity index (χ2v) is 3.95. The topological polar surface area (TPSA) is 81.1 Å². The van der Waals surface area contributed by atoms with Crippen molar-refractivity contribution in [1.29, 1.82) is 0 Å². The first-order valence-electron chi connectivity index (χ1n) is 4.63. The Morgan fingerprint density at radius 2 is 2.00 bits per heavy atom. The zero-order chi connectivity index (χ0) is 11.7. The van der Waals surface area contributed by atoms with Gasteiger partial charge in [0.05, 0.1) is 0 Å². The van der Waals surface area contributed by atoms with Gasteiger partial charge < -0.3 is 16.8 Å². The Kier molecular flexibility index (Phi) is 3.25. The van der Waals surface area contributed by atoms with Gasteiger partial charge in [0.15, 0.2) is 6.04 Å². The Morgan fingerprint density at radius 1 is 1.47 bits per heavy atom. The predicted molar refractivity (Wildman–Crippen MR) is 47.8 cm³/mol. The van der Waals surface area contributed by atoms with E-state index < -0.39 is 23.7 Å². The molecular formula is C8H14F3N3O. The van der Waals surface area contributed by atoms with E-state index in [1.165, 1.54) is 0 Å². The Labute approximate surface area is 85.2 Å². The van der Waals surface area contributed by atoms with Crippen LogP contribution in [0.4, 0.5) is 13.2 Å². The van der Waals surface area contributed by atoms with Crippen LogP contribution in [0.5, 0.6) is 0 Å². The second kappa shape index (κ2) is 3.97. The molecule has 0 spiro atoms. The molecule has 1 aliphatic rings. The van der Waals surface area contributed by atoms with Crippen molar-refractivity contribution in [1.82, 2.24) is 5.32 Å². The van der Waals surface area contributed by atoms with E-state index in [1.54, 1.807) is 0 Å². The minimum Gasteiger partial charge on any atom is -0.353 e. The van der Waals surface area contributed by atoms with E-state index >= 15 is 0 Å². The zero-order valence-electron chi connectivity index (χ0n) is 8.10. The summed E-state index contributed by atoms with van der Waals surface area (Å²) in [5.41, 5.74) is 9.89. The molecule has 0 bridgehead atoms. The standard InChI is InChI=1S/C8H14F3N3O/c9-8(10,11)5(12)6(15)14-4-7(13)2-1-3-7/h5H,1-4,12-13H2,(H,14,15). The maximum Gasteiger partial charge on any atom is 0.412 e. The molecule has 1 aliphatic carbocycles. The lowest BCUT2D eigenvalue weighted by Gasteiger charge is -2.38. The van der Waals surface area contributed by atoms with Crippen LogP contribution in [0.25, 0.3) is 0 Å². The van der Waals surface area contributed by atoms with Gasteiger partial charge in [-0.05, 0) is 19.3 Å². The van der Waals surface area contributed by atoms with Gasteiger partial charge in [-0.1, -0.05) is 0 Å². The lowest BCUT2D eigenvalue weighted by atomic mass is 9.78. The molecule has 0 aromatic carbocycles. The molecule has 1 atom stereocenters. The average Bonchev–Trinajstić information content (AvgIpc) is 2.08. The lowest BCUT2D eigenvalue weighted by Crippen LogP contribution is -2.58. The Hall–Kier alpha value is -0.820. The van der Waals surface area contributed by atoms with Gasteiger partial charge in [-0.3, -0.25) is 4.79 Å². The molecule has 5 N–H and O–H groups in total. The normalized spacial score (nSPS) is 21.7. The van der Waals surface area contributed by atoms with Crippen LogP contribution in [0.1, 0.15) is 19.3 Å². The predicted octanol–water partition coefficient (Wildman–Crippen LogP) is -0.126. The third kappa shape index (κ3) is 3.07. The smallest absolute Gasteiger partial charge is 0.353 e. The third-order valence-corrected chi connectivity index (χ3v) is 2.60. The molecule has 1 fully saturated rings. The van der Waals surface area contributed by atoms with Crippen molar-refractivity contribution in [3.63, 3.8) is 0 Å². The minimum atomic E-state index is -4.70. The van der Waals surface area contributed by atoms with Crippen LogP contribution < -0.4 is 16.8 Å². The van der Waals surface area contributed by atoms with Crippen molar-refractivity contribution in [2.45, 2.75) is 37.0 Å².